The van der Waals surface area contributed by atoms with Crippen LogP contribution in [0.4, 0.5) is 0 Å². The number of ether oxygens (including phenoxy) is 1. The van der Waals surface area contributed by atoms with E-state index < -0.39 is 0 Å². The van der Waals surface area contributed by atoms with Crippen molar-refractivity contribution in [3.63, 3.8) is 0 Å². The van der Waals surface area contributed by atoms with Gasteiger partial charge in [0.15, 0.2) is 0 Å². The molecule has 104 valence electrons. The van der Waals surface area contributed by atoms with Gasteiger partial charge in [-0.25, -0.2) is 0 Å². The number of amides is 1. The lowest BCUT2D eigenvalue weighted by Gasteiger charge is -2.40. The molecule has 1 aliphatic carbocycles. The molecule has 0 radical (unpaired) electrons. The minimum absolute atomic E-state index is 0.214. The van der Waals surface area contributed by atoms with E-state index in [4.69, 9.17) is 10.5 Å². The van der Waals surface area contributed by atoms with Gasteiger partial charge in [0.25, 0.3) is 0 Å². The highest BCUT2D eigenvalue weighted by Crippen LogP contribution is 2.28. The number of carbonyl (C=O) groups is 1. The van der Waals surface area contributed by atoms with Crippen LogP contribution in [0.5, 0.6) is 0 Å². The van der Waals surface area contributed by atoms with Gasteiger partial charge in [-0.15, -0.1) is 0 Å². The van der Waals surface area contributed by atoms with Crippen molar-refractivity contribution in [2.24, 2.45) is 11.7 Å². The lowest BCUT2D eigenvalue weighted by molar-refractivity contribution is -0.142. The second-order valence-electron chi connectivity index (χ2n) is 5.87. The van der Waals surface area contributed by atoms with Crippen LogP contribution in [0.3, 0.4) is 0 Å². The number of hydrogen-bond acceptors (Lipinski definition) is 3. The summed E-state index contributed by atoms with van der Waals surface area (Å²) in [6, 6.07) is 0.623. The van der Waals surface area contributed by atoms with E-state index in [-0.39, 0.29) is 5.92 Å². The lowest BCUT2D eigenvalue weighted by atomic mass is 9.84. The van der Waals surface area contributed by atoms with Crippen molar-refractivity contribution in [1.29, 1.82) is 0 Å². The minimum atomic E-state index is 0.214. The van der Waals surface area contributed by atoms with Gasteiger partial charge in [-0.05, 0) is 45.4 Å². The fourth-order valence-corrected chi connectivity index (χ4v) is 3.27. The van der Waals surface area contributed by atoms with Gasteiger partial charge >= 0.3 is 0 Å². The van der Waals surface area contributed by atoms with Gasteiger partial charge in [-0.1, -0.05) is 0 Å². The largest absolute Gasteiger partial charge is 0.381 e. The summed E-state index contributed by atoms with van der Waals surface area (Å²) in [5, 5.41) is 0. The average Bonchev–Trinajstić information content (AvgIpc) is 2.38. The molecule has 2 aliphatic rings. The second-order valence-corrected chi connectivity index (χ2v) is 5.87. The van der Waals surface area contributed by atoms with Gasteiger partial charge in [0.05, 0.1) is 6.10 Å². The molecule has 0 aromatic rings. The fraction of sp³-hybridized carbons (Fsp3) is 0.929. The molecule has 0 spiro atoms. The van der Waals surface area contributed by atoms with Crippen molar-refractivity contribution in [2.75, 3.05) is 13.7 Å². The molecule has 1 aliphatic heterocycles. The molecule has 18 heavy (non-hydrogen) atoms. The van der Waals surface area contributed by atoms with E-state index in [1.165, 1.54) is 0 Å². The number of likely N-dealkylation sites (tertiary alicyclic amines) is 1. The molecular weight excluding hydrogens is 228 g/mol. The third kappa shape index (κ3) is 3.04. The van der Waals surface area contributed by atoms with E-state index in [1.54, 1.807) is 7.11 Å². The summed E-state index contributed by atoms with van der Waals surface area (Å²) in [7, 11) is 1.76. The molecule has 2 unspecified atom stereocenters. The SMILES string of the molecule is COC1CCN(C(=O)C2CCC(N)CC2)C(C)C1. The highest BCUT2D eigenvalue weighted by Gasteiger charge is 2.33. The standard InChI is InChI=1S/C14H26N2O2/c1-10-9-13(18-2)7-8-16(10)14(17)11-3-5-12(15)6-4-11/h10-13H,3-9,15H2,1-2H3. The number of hydrogen-bond donors (Lipinski definition) is 1. The Labute approximate surface area is 110 Å². The second kappa shape index (κ2) is 6.02. The molecule has 2 rings (SSSR count). The topological polar surface area (TPSA) is 55.6 Å². The van der Waals surface area contributed by atoms with Crippen LogP contribution in [0.25, 0.3) is 0 Å². The Balaban J connectivity index is 1.89. The van der Waals surface area contributed by atoms with Gasteiger partial charge in [-0.3, -0.25) is 4.79 Å². The van der Waals surface area contributed by atoms with Crippen LogP contribution < -0.4 is 5.73 Å². The summed E-state index contributed by atoms with van der Waals surface area (Å²) >= 11 is 0. The van der Waals surface area contributed by atoms with E-state index in [0.29, 0.717) is 24.1 Å². The summed E-state index contributed by atoms with van der Waals surface area (Å²) in [6.45, 7) is 2.98. The highest BCUT2D eigenvalue weighted by molar-refractivity contribution is 5.79. The van der Waals surface area contributed by atoms with Crippen LogP contribution in [0, 0.1) is 5.92 Å². The molecule has 2 atom stereocenters. The summed E-state index contributed by atoms with van der Waals surface area (Å²) in [5.74, 6) is 0.565. The molecule has 1 saturated carbocycles. The Hall–Kier alpha value is -0.610. The Morgan fingerprint density at radius 3 is 2.44 bits per heavy atom. The monoisotopic (exact) mass is 254 g/mol. The zero-order chi connectivity index (χ0) is 13.1. The van der Waals surface area contributed by atoms with Crippen LogP contribution in [0.15, 0.2) is 0 Å². The zero-order valence-corrected chi connectivity index (χ0v) is 11.6. The molecule has 2 fully saturated rings. The third-order valence-electron chi connectivity index (χ3n) is 4.57. The maximum Gasteiger partial charge on any atom is 0.225 e. The van der Waals surface area contributed by atoms with Crippen molar-refractivity contribution in [1.82, 2.24) is 4.90 Å². The van der Waals surface area contributed by atoms with E-state index in [0.717, 1.165) is 45.1 Å². The van der Waals surface area contributed by atoms with E-state index in [9.17, 15) is 4.79 Å². The number of piperidine rings is 1. The predicted octanol–water partition coefficient (Wildman–Crippen LogP) is 1.53. The normalized spacial score (nSPS) is 37.6. The fourth-order valence-electron chi connectivity index (χ4n) is 3.27. The number of nitrogens with two attached hydrogens (primary N) is 1. The van der Waals surface area contributed by atoms with Gasteiger partial charge in [0.1, 0.15) is 0 Å². The molecule has 2 N–H and O–H groups in total. The Morgan fingerprint density at radius 2 is 1.89 bits per heavy atom. The Kier molecular flexibility index (Phi) is 4.62. The maximum atomic E-state index is 12.5. The van der Waals surface area contributed by atoms with Crippen LogP contribution in [0.2, 0.25) is 0 Å². The molecule has 4 nitrogen and oxygen atoms in total. The number of carbonyl (C=O) groups excluding carboxylic acids is 1. The molecule has 1 heterocycles. The van der Waals surface area contributed by atoms with Crippen molar-refractivity contribution < 1.29 is 9.53 Å². The number of nitrogens with zero attached hydrogens (tertiary/aromatic N) is 1. The molecule has 4 heteroatoms. The van der Waals surface area contributed by atoms with Gasteiger partial charge in [0, 0.05) is 31.7 Å². The molecule has 1 amide bonds. The van der Waals surface area contributed by atoms with Crippen molar-refractivity contribution >= 4 is 5.91 Å². The maximum absolute atomic E-state index is 12.5. The lowest BCUT2D eigenvalue weighted by Crippen LogP contribution is -2.49. The van der Waals surface area contributed by atoms with Crippen LogP contribution >= 0.6 is 0 Å². The van der Waals surface area contributed by atoms with Crippen LogP contribution in [-0.4, -0.2) is 42.6 Å². The van der Waals surface area contributed by atoms with E-state index >= 15 is 0 Å². The van der Waals surface area contributed by atoms with Crippen molar-refractivity contribution in [2.45, 2.75) is 63.6 Å². The minimum Gasteiger partial charge on any atom is -0.381 e. The summed E-state index contributed by atoms with van der Waals surface area (Å²) < 4.78 is 5.39. The zero-order valence-electron chi connectivity index (χ0n) is 11.6. The number of rotatable bonds is 2. The van der Waals surface area contributed by atoms with Gasteiger partial charge < -0.3 is 15.4 Å². The predicted molar refractivity (Wildman–Crippen MR) is 71.1 cm³/mol. The van der Waals surface area contributed by atoms with Crippen molar-refractivity contribution in [3.8, 4) is 0 Å². The summed E-state index contributed by atoms with van der Waals surface area (Å²) in [6.07, 6.45) is 6.20. The van der Waals surface area contributed by atoms with Crippen LogP contribution in [0.1, 0.15) is 45.4 Å². The molecule has 0 bridgehead atoms. The molecule has 1 saturated heterocycles. The smallest absolute Gasteiger partial charge is 0.225 e. The van der Waals surface area contributed by atoms with E-state index in [1.807, 2.05) is 0 Å². The molecule has 0 aromatic carbocycles. The first-order valence-electron chi connectivity index (χ1n) is 7.20. The highest BCUT2D eigenvalue weighted by atomic mass is 16.5. The summed E-state index contributed by atoms with van der Waals surface area (Å²) in [4.78, 5) is 14.6. The number of methoxy groups -OCH3 is 1. The average molecular weight is 254 g/mol. The molecule has 0 aromatic heterocycles. The first-order chi connectivity index (χ1) is 8.61. The van der Waals surface area contributed by atoms with Crippen molar-refractivity contribution in [3.05, 3.63) is 0 Å². The summed E-state index contributed by atoms with van der Waals surface area (Å²) in [5.41, 5.74) is 5.90. The van der Waals surface area contributed by atoms with Gasteiger partial charge in [0.2, 0.25) is 5.91 Å². The first kappa shape index (κ1) is 13.8. The Morgan fingerprint density at radius 1 is 1.22 bits per heavy atom. The Bertz CT molecular complexity index is 288. The quantitative estimate of drug-likeness (QED) is 0.813. The van der Waals surface area contributed by atoms with E-state index in [2.05, 4.69) is 11.8 Å². The third-order valence-corrected chi connectivity index (χ3v) is 4.57. The van der Waals surface area contributed by atoms with Crippen LogP contribution in [-0.2, 0) is 9.53 Å². The first-order valence-corrected chi connectivity index (χ1v) is 7.20. The van der Waals surface area contributed by atoms with Gasteiger partial charge in [-0.2, -0.15) is 0 Å². The molecular formula is C14H26N2O2.